The van der Waals surface area contributed by atoms with Gasteiger partial charge in [-0.05, 0) is 30.7 Å². The van der Waals surface area contributed by atoms with Crippen LogP contribution in [-0.2, 0) is 0 Å². The lowest BCUT2D eigenvalue weighted by molar-refractivity contribution is -0.384. The van der Waals surface area contributed by atoms with Gasteiger partial charge in [-0.15, -0.1) is 0 Å². The summed E-state index contributed by atoms with van der Waals surface area (Å²) in [5.41, 5.74) is 1.42. The van der Waals surface area contributed by atoms with E-state index in [0.717, 1.165) is 23.4 Å². The molecule has 104 valence electrons. The number of nitrogens with one attached hydrogen (secondary N) is 1. The third-order valence-corrected chi connectivity index (χ3v) is 3.98. The third-order valence-electron chi connectivity index (χ3n) is 3.98. The Balaban J connectivity index is 1.96. The highest BCUT2D eigenvalue weighted by molar-refractivity contribution is 5.95. The first-order chi connectivity index (χ1) is 9.66. The minimum atomic E-state index is -0.371. The van der Waals surface area contributed by atoms with Crippen LogP contribution in [0.5, 0.6) is 0 Å². The predicted octanol–water partition coefficient (Wildman–Crippen LogP) is 3.60. The van der Waals surface area contributed by atoms with Crippen molar-refractivity contribution >= 4 is 22.3 Å². The molecule has 1 heterocycles. The van der Waals surface area contributed by atoms with Crippen molar-refractivity contribution in [1.82, 2.24) is 4.98 Å². The van der Waals surface area contributed by atoms with Crippen LogP contribution in [0.3, 0.4) is 0 Å². The Morgan fingerprint density at radius 3 is 2.90 bits per heavy atom. The van der Waals surface area contributed by atoms with Gasteiger partial charge in [-0.25, -0.2) is 4.98 Å². The number of hydrogen-bond acceptors (Lipinski definition) is 4. The molecule has 3 rings (SSSR count). The van der Waals surface area contributed by atoms with Crippen molar-refractivity contribution in [2.75, 3.05) is 11.9 Å². The SMILES string of the molecule is CC(CNc1c([N+](=O)[O-])cnc2ccccc12)C1CC1. The van der Waals surface area contributed by atoms with Gasteiger partial charge in [-0.3, -0.25) is 10.1 Å². The second kappa shape index (κ2) is 5.07. The van der Waals surface area contributed by atoms with E-state index in [1.54, 1.807) is 0 Å². The minimum absolute atomic E-state index is 0.0479. The largest absolute Gasteiger partial charge is 0.379 e. The van der Waals surface area contributed by atoms with Crippen LogP contribution in [0, 0.1) is 22.0 Å². The van der Waals surface area contributed by atoms with Gasteiger partial charge in [0.2, 0.25) is 0 Å². The Bertz CT molecular complexity index is 653. The molecule has 1 aliphatic carbocycles. The molecule has 0 amide bonds. The molecule has 1 aromatic carbocycles. The van der Waals surface area contributed by atoms with Crippen LogP contribution in [0.25, 0.3) is 10.9 Å². The second-order valence-corrected chi connectivity index (χ2v) is 5.49. The van der Waals surface area contributed by atoms with Gasteiger partial charge < -0.3 is 5.32 Å². The van der Waals surface area contributed by atoms with E-state index >= 15 is 0 Å². The molecule has 1 N–H and O–H groups in total. The molecule has 1 fully saturated rings. The summed E-state index contributed by atoms with van der Waals surface area (Å²) >= 11 is 0. The molecule has 1 aromatic heterocycles. The van der Waals surface area contributed by atoms with Crippen molar-refractivity contribution in [3.05, 3.63) is 40.6 Å². The van der Waals surface area contributed by atoms with E-state index in [4.69, 9.17) is 0 Å². The fourth-order valence-electron chi connectivity index (χ4n) is 2.55. The zero-order valence-corrected chi connectivity index (χ0v) is 11.4. The normalized spacial score (nSPS) is 16.1. The molecular formula is C15H17N3O2. The first kappa shape index (κ1) is 12.8. The van der Waals surface area contributed by atoms with Crippen molar-refractivity contribution in [1.29, 1.82) is 0 Å². The average molecular weight is 271 g/mol. The number of nitrogens with zero attached hydrogens (tertiary/aromatic N) is 2. The molecule has 0 bridgehead atoms. The predicted molar refractivity (Wildman–Crippen MR) is 78.8 cm³/mol. The molecular weight excluding hydrogens is 254 g/mol. The number of pyridine rings is 1. The van der Waals surface area contributed by atoms with Gasteiger partial charge in [-0.1, -0.05) is 25.1 Å². The summed E-state index contributed by atoms with van der Waals surface area (Å²) in [6.07, 6.45) is 3.90. The number of fused-ring (bicyclic) bond motifs is 1. The van der Waals surface area contributed by atoms with Crippen molar-refractivity contribution in [2.45, 2.75) is 19.8 Å². The maximum absolute atomic E-state index is 11.2. The number of para-hydroxylation sites is 1. The highest BCUT2D eigenvalue weighted by atomic mass is 16.6. The summed E-state index contributed by atoms with van der Waals surface area (Å²) in [6, 6.07) is 7.51. The molecule has 1 atom stereocenters. The van der Waals surface area contributed by atoms with Crippen LogP contribution in [0.4, 0.5) is 11.4 Å². The number of rotatable bonds is 5. The fraction of sp³-hybridized carbons (Fsp3) is 0.400. The number of anilines is 1. The Kier molecular flexibility index (Phi) is 3.26. The minimum Gasteiger partial charge on any atom is -0.379 e. The maximum atomic E-state index is 11.2. The van der Waals surface area contributed by atoms with Crippen LogP contribution in [0.15, 0.2) is 30.5 Å². The summed E-state index contributed by atoms with van der Waals surface area (Å²) in [6.45, 7) is 2.96. The lowest BCUT2D eigenvalue weighted by atomic mass is 10.1. The molecule has 0 saturated heterocycles. The van der Waals surface area contributed by atoms with Gasteiger partial charge in [-0.2, -0.15) is 0 Å². The maximum Gasteiger partial charge on any atom is 0.311 e. The van der Waals surface area contributed by atoms with E-state index in [-0.39, 0.29) is 10.6 Å². The Morgan fingerprint density at radius 2 is 2.20 bits per heavy atom. The van der Waals surface area contributed by atoms with Gasteiger partial charge >= 0.3 is 5.69 Å². The topological polar surface area (TPSA) is 68.1 Å². The quantitative estimate of drug-likeness (QED) is 0.666. The first-order valence-corrected chi connectivity index (χ1v) is 6.93. The Morgan fingerprint density at radius 1 is 1.45 bits per heavy atom. The summed E-state index contributed by atoms with van der Waals surface area (Å²) in [5.74, 6) is 1.32. The van der Waals surface area contributed by atoms with Crippen LogP contribution in [-0.4, -0.2) is 16.5 Å². The molecule has 20 heavy (non-hydrogen) atoms. The zero-order valence-electron chi connectivity index (χ0n) is 11.4. The molecule has 0 spiro atoms. The zero-order chi connectivity index (χ0) is 14.1. The molecule has 1 saturated carbocycles. The van der Waals surface area contributed by atoms with Crippen molar-refractivity contribution in [3.63, 3.8) is 0 Å². The summed E-state index contributed by atoms with van der Waals surface area (Å²) < 4.78 is 0. The smallest absolute Gasteiger partial charge is 0.311 e. The van der Waals surface area contributed by atoms with E-state index in [1.165, 1.54) is 19.0 Å². The highest BCUT2D eigenvalue weighted by Crippen LogP contribution is 2.37. The monoisotopic (exact) mass is 271 g/mol. The van der Waals surface area contributed by atoms with Crippen LogP contribution in [0.2, 0.25) is 0 Å². The fourth-order valence-corrected chi connectivity index (χ4v) is 2.55. The number of aromatic nitrogens is 1. The van der Waals surface area contributed by atoms with E-state index in [0.29, 0.717) is 11.6 Å². The molecule has 0 radical (unpaired) electrons. The summed E-state index contributed by atoms with van der Waals surface area (Å²) in [5, 5.41) is 15.3. The van der Waals surface area contributed by atoms with Gasteiger partial charge in [0.1, 0.15) is 11.9 Å². The average Bonchev–Trinajstić information content (AvgIpc) is 3.28. The van der Waals surface area contributed by atoms with Crippen molar-refractivity contribution in [3.8, 4) is 0 Å². The summed E-state index contributed by atoms with van der Waals surface area (Å²) in [4.78, 5) is 15.0. The van der Waals surface area contributed by atoms with E-state index in [2.05, 4.69) is 17.2 Å². The van der Waals surface area contributed by atoms with E-state index < -0.39 is 0 Å². The van der Waals surface area contributed by atoms with Gasteiger partial charge in [0.15, 0.2) is 0 Å². The molecule has 5 nitrogen and oxygen atoms in total. The standard InChI is InChI=1S/C15H17N3O2/c1-10(11-6-7-11)8-17-15-12-4-2-3-5-13(12)16-9-14(15)18(19)20/h2-5,9-11H,6-8H2,1H3,(H,16,17). The van der Waals surface area contributed by atoms with Crippen LogP contribution >= 0.6 is 0 Å². The van der Waals surface area contributed by atoms with Gasteiger partial charge in [0, 0.05) is 11.9 Å². The molecule has 0 aliphatic heterocycles. The molecule has 1 unspecified atom stereocenters. The third kappa shape index (κ3) is 2.43. The molecule has 1 aliphatic rings. The van der Waals surface area contributed by atoms with Crippen molar-refractivity contribution < 1.29 is 4.92 Å². The van der Waals surface area contributed by atoms with Gasteiger partial charge in [0.25, 0.3) is 0 Å². The van der Waals surface area contributed by atoms with Crippen molar-refractivity contribution in [2.24, 2.45) is 11.8 Å². The van der Waals surface area contributed by atoms with E-state index in [9.17, 15) is 10.1 Å². The van der Waals surface area contributed by atoms with Crippen LogP contribution in [0.1, 0.15) is 19.8 Å². The summed E-state index contributed by atoms with van der Waals surface area (Å²) in [7, 11) is 0. The van der Waals surface area contributed by atoms with Crippen LogP contribution < -0.4 is 5.32 Å². The Hall–Kier alpha value is -2.17. The lowest BCUT2D eigenvalue weighted by Gasteiger charge is -2.14. The van der Waals surface area contributed by atoms with E-state index in [1.807, 2.05) is 24.3 Å². The molecule has 2 aromatic rings. The van der Waals surface area contributed by atoms with Gasteiger partial charge in [0.05, 0.1) is 10.4 Å². The second-order valence-electron chi connectivity index (χ2n) is 5.49. The number of benzene rings is 1. The number of nitro groups is 1. The number of hydrogen-bond donors (Lipinski definition) is 1. The first-order valence-electron chi connectivity index (χ1n) is 6.93. The highest BCUT2D eigenvalue weighted by Gasteiger charge is 2.28. The molecule has 5 heteroatoms. The Labute approximate surface area is 117 Å². The lowest BCUT2D eigenvalue weighted by Crippen LogP contribution is -2.14.